The van der Waals surface area contributed by atoms with Gasteiger partial charge in [0.2, 0.25) is 0 Å². The highest BCUT2D eigenvalue weighted by Crippen LogP contribution is 2.19. The lowest BCUT2D eigenvalue weighted by atomic mass is 10.2. The second-order valence-corrected chi connectivity index (χ2v) is 5.66. The van der Waals surface area contributed by atoms with Gasteiger partial charge < -0.3 is 4.90 Å². The fourth-order valence-electron chi connectivity index (χ4n) is 1.57. The number of hydrogen-bond donors (Lipinski definition) is 0. The summed E-state index contributed by atoms with van der Waals surface area (Å²) in [5, 5.41) is 0.607. The monoisotopic (exact) mass is 365 g/mol. The normalized spacial score (nSPS) is 10.4. The average Bonchev–Trinajstić information content (AvgIpc) is 2.31. The third-order valence-corrected chi connectivity index (χ3v) is 3.78. The van der Waals surface area contributed by atoms with Gasteiger partial charge in [0.25, 0.3) is 5.91 Å². The SMILES string of the molecule is CCCCCN(C)C(=O)c1cc(Cl)ccc1I. The van der Waals surface area contributed by atoms with E-state index >= 15 is 0 Å². The summed E-state index contributed by atoms with van der Waals surface area (Å²) in [5.41, 5.74) is 0.692. The van der Waals surface area contributed by atoms with Crippen molar-refractivity contribution in [2.75, 3.05) is 13.6 Å². The van der Waals surface area contributed by atoms with Gasteiger partial charge in [-0.25, -0.2) is 0 Å². The smallest absolute Gasteiger partial charge is 0.254 e. The quantitative estimate of drug-likeness (QED) is 0.565. The molecule has 94 valence electrons. The second kappa shape index (κ2) is 7.21. The van der Waals surface area contributed by atoms with Gasteiger partial charge in [0, 0.05) is 22.2 Å². The first-order chi connectivity index (χ1) is 8.06. The Labute approximate surface area is 121 Å². The predicted molar refractivity (Wildman–Crippen MR) is 80.7 cm³/mol. The van der Waals surface area contributed by atoms with Gasteiger partial charge in [-0.15, -0.1) is 0 Å². The maximum atomic E-state index is 12.2. The summed E-state index contributed by atoms with van der Waals surface area (Å²) in [6, 6.07) is 5.41. The molecule has 0 atom stereocenters. The Hall–Kier alpha value is -0.290. The molecule has 1 rings (SSSR count). The van der Waals surface area contributed by atoms with Crippen LogP contribution in [0.4, 0.5) is 0 Å². The summed E-state index contributed by atoms with van der Waals surface area (Å²) in [6.07, 6.45) is 3.37. The van der Waals surface area contributed by atoms with Gasteiger partial charge in [0.05, 0.1) is 5.56 Å². The molecule has 0 aromatic heterocycles. The Balaban J connectivity index is 2.71. The molecule has 1 aromatic rings. The van der Waals surface area contributed by atoms with Gasteiger partial charge in [-0.05, 0) is 47.2 Å². The van der Waals surface area contributed by atoms with Crippen molar-refractivity contribution in [3.63, 3.8) is 0 Å². The largest absolute Gasteiger partial charge is 0.342 e. The van der Waals surface area contributed by atoms with E-state index < -0.39 is 0 Å². The number of hydrogen-bond acceptors (Lipinski definition) is 1. The molecular weight excluding hydrogens is 349 g/mol. The molecule has 4 heteroatoms. The molecule has 0 unspecified atom stereocenters. The molecule has 0 saturated heterocycles. The van der Waals surface area contributed by atoms with Crippen molar-refractivity contribution in [1.29, 1.82) is 0 Å². The summed E-state index contributed by atoms with van der Waals surface area (Å²) in [5.74, 6) is 0.0491. The highest BCUT2D eigenvalue weighted by molar-refractivity contribution is 14.1. The van der Waals surface area contributed by atoms with Crippen molar-refractivity contribution in [3.05, 3.63) is 32.4 Å². The van der Waals surface area contributed by atoms with E-state index in [1.807, 2.05) is 13.1 Å². The lowest BCUT2D eigenvalue weighted by Crippen LogP contribution is -2.28. The number of carbonyl (C=O) groups excluding carboxylic acids is 1. The number of carbonyl (C=O) groups is 1. The number of nitrogens with zero attached hydrogens (tertiary/aromatic N) is 1. The minimum absolute atomic E-state index is 0.0491. The highest BCUT2D eigenvalue weighted by atomic mass is 127. The van der Waals surface area contributed by atoms with Crippen molar-refractivity contribution in [3.8, 4) is 0 Å². The van der Waals surface area contributed by atoms with E-state index in [1.165, 1.54) is 0 Å². The Bertz CT molecular complexity index is 395. The Kier molecular flexibility index (Phi) is 6.27. The first-order valence-corrected chi connectivity index (χ1v) is 7.22. The zero-order chi connectivity index (χ0) is 12.8. The van der Waals surface area contributed by atoms with E-state index in [9.17, 15) is 4.79 Å². The van der Waals surface area contributed by atoms with Crippen LogP contribution in [0.2, 0.25) is 5.02 Å². The van der Waals surface area contributed by atoms with Crippen molar-refractivity contribution in [2.45, 2.75) is 26.2 Å². The van der Waals surface area contributed by atoms with Crippen molar-refractivity contribution < 1.29 is 4.79 Å². The van der Waals surface area contributed by atoms with Crippen LogP contribution in [0.1, 0.15) is 36.5 Å². The topological polar surface area (TPSA) is 20.3 Å². The second-order valence-electron chi connectivity index (χ2n) is 4.06. The molecule has 0 aliphatic carbocycles. The van der Waals surface area contributed by atoms with E-state index in [1.54, 1.807) is 17.0 Å². The number of rotatable bonds is 5. The molecule has 0 N–H and O–H groups in total. The summed E-state index contributed by atoms with van der Waals surface area (Å²) in [4.78, 5) is 13.9. The van der Waals surface area contributed by atoms with Crippen LogP contribution in [0.15, 0.2) is 18.2 Å². The molecule has 0 heterocycles. The Morgan fingerprint density at radius 1 is 1.41 bits per heavy atom. The van der Waals surface area contributed by atoms with Crippen LogP contribution in [0.5, 0.6) is 0 Å². The van der Waals surface area contributed by atoms with E-state index in [0.29, 0.717) is 10.6 Å². The number of unbranched alkanes of at least 4 members (excludes halogenated alkanes) is 2. The fraction of sp³-hybridized carbons (Fsp3) is 0.462. The average molecular weight is 366 g/mol. The van der Waals surface area contributed by atoms with Gasteiger partial charge in [0.15, 0.2) is 0 Å². The van der Waals surface area contributed by atoms with Crippen molar-refractivity contribution in [1.82, 2.24) is 4.90 Å². The zero-order valence-electron chi connectivity index (χ0n) is 10.2. The van der Waals surface area contributed by atoms with Crippen molar-refractivity contribution >= 4 is 40.1 Å². The van der Waals surface area contributed by atoms with Gasteiger partial charge in [0.1, 0.15) is 0 Å². The molecule has 0 aliphatic heterocycles. The summed E-state index contributed by atoms with van der Waals surface area (Å²) in [7, 11) is 1.84. The van der Waals surface area contributed by atoms with E-state index in [0.717, 1.165) is 29.4 Å². The molecular formula is C13H17ClINO. The van der Waals surface area contributed by atoms with Crippen LogP contribution in [0, 0.1) is 3.57 Å². The van der Waals surface area contributed by atoms with Crippen LogP contribution < -0.4 is 0 Å². The summed E-state index contributed by atoms with van der Waals surface area (Å²) >= 11 is 8.08. The first-order valence-electron chi connectivity index (χ1n) is 5.76. The van der Waals surface area contributed by atoms with Gasteiger partial charge >= 0.3 is 0 Å². The number of halogens is 2. The molecule has 0 aliphatic rings. The van der Waals surface area contributed by atoms with Crippen LogP contribution in [0.3, 0.4) is 0 Å². The van der Waals surface area contributed by atoms with E-state index in [-0.39, 0.29) is 5.91 Å². The third-order valence-electron chi connectivity index (χ3n) is 2.60. The fourth-order valence-corrected chi connectivity index (χ4v) is 2.31. The molecule has 0 radical (unpaired) electrons. The maximum absolute atomic E-state index is 12.2. The standard InChI is InChI=1S/C13H17ClINO/c1-3-4-5-8-16(2)13(17)11-9-10(14)6-7-12(11)15/h6-7,9H,3-5,8H2,1-2H3. The molecule has 0 fully saturated rings. The lowest BCUT2D eigenvalue weighted by Gasteiger charge is -2.17. The molecule has 1 amide bonds. The van der Waals surface area contributed by atoms with Gasteiger partial charge in [-0.2, -0.15) is 0 Å². The minimum Gasteiger partial charge on any atom is -0.342 e. The molecule has 17 heavy (non-hydrogen) atoms. The zero-order valence-corrected chi connectivity index (χ0v) is 13.1. The molecule has 0 saturated carbocycles. The first kappa shape index (κ1) is 14.8. The molecule has 1 aromatic carbocycles. The van der Waals surface area contributed by atoms with Gasteiger partial charge in [-0.1, -0.05) is 31.4 Å². The van der Waals surface area contributed by atoms with Gasteiger partial charge in [-0.3, -0.25) is 4.79 Å². The van der Waals surface area contributed by atoms with E-state index in [2.05, 4.69) is 29.5 Å². The van der Waals surface area contributed by atoms with Crippen LogP contribution in [0.25, 0.3) is 0 Å². The predicted octanol–water partition coefficient (Wildman–Crippen LogP) is 4.21. The maximum Gasteiger partial charge on any atom is 0.254 e. The van der Waals surface area contributed by atoms with Crippen molar-refractivity contribution in [2.24, 2.45) is 0 Å². The highest BCUT2D eigenvalue weighted by Gasteiger charge is 2.14. The van der Waals surface area contributed by atoms with Crippen LogP contribution >= 0.6 is 34.2 Å². The molecule has 0 bridgehead atoms. The number of benzene rings is 1. The molecule has 2 nitrogen and oxygen atoms in total. The van der Waals surface area contributed by atoms with Crippen LogP contribution in [-0.4, -0.2) is 24.4 Å². The summed E-state index contributed by atoms with van der Waals surface area (Å²) < 4.78 is 0.944. The molecule has 0 spiro atoms. The summed E-state index contributed by atoms with van der Waals surface area (Å²) in [6.45, 7) is 2.96. The third kappa shape index (κ3) is 4.47. The number of amides is 1. The van der Waals surface area contributed by atoms with E-state index in [4.69, 9.17) is 11.6 Å². The van der Waals surface area contributed by atoms with Crippen LogP contribution in [-0.2, 0) is 0 Å². The minimum atomic E-state index is 0.0491. The lowest BCUT2D eigenvalue weighted by molar-refractivity contribution is 0.0791. The Morgan fingerprint density at radius 3 is 2.76 bits per heavy atom. The Morgan fingerprint density at radius 2 is 2.12 bits per heavy atom.